The number of nitrogens with zero attached hydrogens (tertiary/aromatic N) is 2. The third kappa shape index (κ3) is 2.17. The minimum Gasteiger partial charge on any atom is -0.342 e. The number of nitrogens with one attached hydrogen (secondary N) is 1. The number of piperazine rings is 1. The lowest BCUT2D eigenvalue weighted by Gasteiger charge is -2.32. The van der Waals surface area contributed by atoms with Crippen LogP contribution in [0.15, 0.2) is 11.6 Å². The van der Waals surface area contributed by atoms with Crippen LogP contribution in [-0.4, -0.2) is 34.3 Å². The van der Waals surface area contributed by atoms with Gasteiger partial charge in [-0.15, -0.1) is 11.3 Å². The second kappa shape index (κ2) is 4.10. The highest BCUT2D eigenvalue weighted by molar-refractivity contribution is 7.09. The summed E-state index contributed by atoms with van der Waals surface area (Å²) in [6, 6.07) is -0.295. The molecule has 1 aromatic heterocycles. The molecule has 0 spiro atoms. The molecule has 2 aliphatic rings. The van der Waals surface area contributed by atoms with E-state index < -0.39 is 0 Å². The Balaban J connectivity index is 1.73. The smallest absolute Gasteiger partial charge is 0.246 e. The summed E-state index contributed by atoms with van der Waals surface area (Å²) in [4.78, 5) is 29.5. The summed E-state index contributed by atoms with van der Waals surface area (Å²) in [6.07, 6.45) is 3.80. The first kappa shape index (κ1) is 10.7. The summed E-state index contributed by atoms with van der Waals surface area (Å²) in [5, 5.41) is 5.55. The molecular weight excluding hydrogens is 238 g/mol. The Morgan fingerprint density at radius 1 is 1.47 bits per heavy atom. The molecule has 0 bridgehead atoms. The van der Waals surface area contributed by atoms with E-state index in [9.17, 15) is 9.59 Å². The Bertz CT molecular complexity index is 442. The fraction of sp³-hybridized carbons (Fsp3) is 0.545. The lowest BCUT2D eigenvalue weighted by atomic mass is 10.1. The predicted molar refractivity (Wildman–Crippen MR) is 62.2 cm³/mol. The van der Waals surface area contributed by atoms with Gasteiger partial charge in [0.1, 0.15) is 17.6 Å². The van der Waals surface area contributed by atoms with E-state index in [4.69, 9.17) is 0 Å². The van der Waals surface area contributed by atoms with Crippen molar-refractivity contribution in [1.29, 1.82) is 0 Å². The molecule has 6 heteroatoms. The van der Waals surface area contributed by atoms with Crippen LogP contribution in [0.3, 0.4) is 0 Å². The fourth-order valence-corrected chi connectivity index (χ4v) is 2.74. The van der Waals surface area contributed by atoms with E-state index in [0.29, 0.717) is 12.5 Å². The maximum Gasteiger partial charge on any atom is 0.246 e. The molecule has 1 atom stereocenters. The van der Waals surface area contributed by atoms with Crippen LogP contribution < -0.4 is 5.32 Å². The van der Waals surface area contributed by atoms with Gasteiger partial charge in [0.05, 0.1) is 6.54 Å². The van der Waals surface area contributed by atoms with E-state index in [-0.39, 0.29) is 24.4 Å². The fourth-order valence-electron chi connectivity index (χ4n) is 2.11. The molecule has 2 amide bonds. The van der Waals surface area contributed by atoms with Crippen molar-refractivity contribution < 1.29 is 9.59 Å². The molecule has 17 heavy (non-hydrogen) atoms. The largest absolute Gasteiger partial charge is 0.342 e. The second-order valence-corrected chi connectivity index (χ2v) is 5.48. The highest BCUT2D eigenvalue weighted by atomic mass is 32.1. The van der Waals surface area contributed by atoms with Gasteiger partial charge in [-0.1, -0.05) is 0 Å². The lowest BCUT2D eigenvalue weighted by Crippen LogP contribution is -2.58. The van der Waals surface area contributed by atoms with E-state index in [1.807, 2.05) is 5.38 Å². The summed E-state index contributed by atoms with van der Waals surface area (Å²) in [5.41, 5.74) is 0. The summed E-state index contributed by atoms with van der Waals surface area (Å²) in [5.74, 6) is 0.339. The van der Waals surface area contributed by atoms with Gasteiger partial charge in [0.15, 0.2) is 0 Å². The van der Waals surface area contributed by atoms with Crippen LogP contribution in [0.4, 0.5) is 0 Å². The maximum absolute atomic E-state index is 12.2. The van der Waals surface area contributed by atoms with Gasteiger partial charge in [0, 0.05) is 11.6 Å². The zero-order valence-electron chi connectivity index (χ0n) is 9.26. The van der Waals surface area contributed by atoms with Gasteiger partial charge in [0.25, 0.3) is 0 Å². The average Bonchev–Trinajstić information content (AvgIpc) is 3.02. The van der Waals surface area contributed by atoms with Gasteiger partial charge in [0.2, 0.25) is 11.8 Å². The van der Waals surface area contributed by atoms with Gasteiger partial charge in [-0.05, 0) is 18.8 Å². The van der Waals surface area contributed by atoms with E-state index >= 15 is 0 Å². The standard InChI is InChI=1S/C11H13N3O2S/c15-8-5-14(6-9-12-3-4-17-9)11(16)10(13-8)7-1-2-7/h3-4,7,10H,1-2,5-6H2,(H,13,15). The minimum atomic E-state index is -0.295. The molecule has 3 rings (SSSR count). The quantitative estimate of drug-likeness (QED) is 0.844. The SMILES string of the molecule is O=C1CN(Cc2nccs2)C(=O)C(C2CC2)N1. The molecule has 1 aliphatic carbocycles. The number of carbonyl (C=O) groups excluding carboxylic acids is 2. The number of thiazole rings is 1. The van der Waals surface area contributed by atoms with Crippen molar-refractivity contribution >= 4 is 23.2 Å². The van der Waals surface area contributed by atoms with Crippen molar-refractivity contribution in [3.05, 3.63) is 16.6 Å². The molecule has 1 saturated heterocycles. The van der Waals surface area contributed by atoms with Gasteiger partial charge in [-0.3, -0.25) is 9.59 Å². The second-order valence-electron chi connectivity index (χ2n) is 4.50. The highest BCUT2D eigenvalue weighted by Crippen LogP contribution is 2.34. The zero-order valence-corrected chi connectivity index (χ0v) is 10.1. The summed E-state index contributed by atoms with van der Waals surface area (Å²) < 4.78 is 0. The number of hydrogen-bond donors (Lipinski definition) is 1. The van der Waals surface area contributed by atoms with Gasteiger partial charge in [-0.25, -0.2) is 4.98 Å². The van der Waals surface area contributed by atoms with Crippen molar-refractivity contribution in [3.63, 3.8) is 0 Å². The topological polar surface area (TPSA) is 62.3 Å². The van der Waals surface area contributed by atoms with Crippen LogP contribution in [0.1, 0.15) is 17.8 Å². The first-order valence-electron chi connectivity index (χ1n) is 5.70. The Morgan fingerprint density at radius 2 is 2.29 bits per heavy atom. The Labute approximate surface area is 103 Å². The van der Waals surface area contributed by atoms with Gasteiger partial charge < -0.3 is 10.2 Å². The van der Waals surface area contributed by atoms with Crippen LogP contribution in [0.5, 0.6) is 0 Å². The van der Waals surface area contributed by atoms with Crippen LogP contribution in [0, 0.1) is 5.92 Å². The number of aromatic nitrogens is 1. The first-order chi connectivity index (χ1) is 8.24. The maximum atomic E-state index is 12.2. The molecular formula is C11H13N3O2S. The summed E-state index contributed by atoms with van der Waals surface area (Å²) in [7, 11) is 0. The molecule has 1 saturated carbocycles. The molecule has 0 aromatic carbocycles. The van der Waals surface area contributed by atoms with Crippen LogP contribution >= 0.6 is 11.3 Å². The van der Waals surface area contributed by atoms with Crippen LogP contribution in [0.2, 0.25) is 0 Å². The van der Waals surface area contributed by atoms with Crippen molar-refractivity contribution in [2.75, 3.05) is 6.54 Å². The van der Waals surface area contributed by atoms with Crippen molar-refractivity contribution in [1.82, 2.24) is 15.2 Å². The molecule has 90 valence electrons. The molecule has 0 radical (unpaired) electrons. The van der Waals surface area contributed by atoms with Gasteiger partial charge >= 0.3 is 0 Å². The molecule has 1 aromatic rings. The lowest BCUT2D eigenvalue weighted by molar-refractivity contribution is -0.145. The Kier molecular flexibility index (Phi) is 2.58. The van der Waals surface area contributed by atoms with E-state index in [2.05, 4.69) is 10.3 Å². The number of amides is 2. The van der Waals surface area contributed by atoms with Gasteiger partial charge in [-0.2, -0.15) is 0 Å². The molecule has 2 fully saturated rings. The van der Waals surface area contributed by atoms with Crippen molar-refractivity contribution in [3.8, 4) is 0 Å². The molecule has 1 unspecified atom stereocenters. The predicted octanol–water partition coefficient (Wildman–Crippen LogP) is 0.380. The number of carbonyl (C=O) groups is 2. The van der Waals surface area contributed by atoms with E-state index in [1.54, 1.807) is 11.1 Å². The zero-order chi connectivity index (χ0) is 11.8. The van der Waals surface area contributed by atoms with Crippen LogP contribution in [-0.2, 0) is 16.1 Å². The van der Waals surface area contributed by atoms with E-state index in [0.717, 1.165) is 17.8 Å². The highest BCUT2D eigenvalue weighted by Gasteiger charge is 2.42. The molecule has 5 nitrogen and oxygen atoms in total. The normalized spacial score (nSPS) is 24.9. The molecule has 1 N–H and O–H groups in total. The van der Waals surface area contributed by atoms with Crippen molar-refractivity contribution in [2.45, 2.75) is 25.4 Å². The summed E-state index contributed by atoms with van der Waals surface area (Å²) >= 11 is 1.51. The number of hydrogen-bond acceptors (Lipinski definition) is 4. The van der Waals surface area contributed by atoms with Crippen molar-refractivity contribution in [2.24, 2.45) is 5.92 Å². The Morgan fingerprint density at radius 3 is 2.94 bits per heavy atom. The molecule has 1 aliphatic heterocycles. The first-order valence-corrected chi connectivity index (χ1v) is 6.58. The van der Waals surface area contributed by atoms with E-state index in [1.165, 1.54) is 11.3 Å². The summed E-state index contributed by atoms with van der Waals surface area (Å²) in [6.45, 7) is 0.606. The van der Waals surface area contributed by atoms with Crippen LogP contribution in [0.25, 0.3) is 0 Å². The average molecular weight is 251 g/mol. The molecule has 2 heterocycles. The third-order valence-electron chi connectivity index (χ3n) is 3.13. The number of rotatable bonds is 3. The minimum absolute atomic E-state index is 0.0438. The third-order valence-corrected chi connectivity index (χ3v) is 3.90. The Hall–Kier alpha value is -1.43. The monoisotopic (exact) mass is 251 g/mol.